The fraction of sp³-hybridized carbons (Fsp3) is 0.0909. The number of hydrogen-bond donors (Lipinski definition) is 1. The van der Waals surface area contributed by atoms with E-state index < -0.39 is 11.8 Å². The van der Waals surface area contributed by atoms with Gasteiger partial charge in [-0.1, -0.05) is 12.1 Å². The summed E-state index contributed by atoms with van der Waals surface area (Å²) in [6.45, 7) is 0. The summed E-state index contributed by atoms with van der Waals surface area (Å²) in [7, 11) is 2.70. The smallest absolute Gasteiger partial charge is 0.337 e. The Bertz CT molecular complexity index is 1030. The van der Waals surface area contributed by atoms with Crippen LogP contribution in [-0.2, 0) is 4.74 Å². The van der Waals surface area contributed by atoms with Crippen LogP contribution in [0.25, 0.3) is 0 Å². The van der Waals surface area contributed by atoms with Crippen molar-refractivity contribution in [2.75, 3.05) is 19.5 Å². The Labute approximate surface area is 166 Å². The highest BCUT2D eigenvalue weighted by Gasteiger charge is 2.14. The van der Waals surface area contributed by atoms with Crippen LogP contribution in [0, 0.1) is 5.82 Å². The Kier molecular flexibility index (Phi) is 6.09. The van der Waals surface area contributed by atoms with Crippen molar-refractivity contribution >= 4 is 17.6 Å². The first-order valence-electron chi connectivity index (χ1n) is 8.62. The van der Waals surface area contributed by atoms with Crippen LogP contribution in [0.5, 0.6) is 17.2 Å². The summed E-state index contributed by atoms with van der Waals surface area (Å²) in [6.07, 6.45) is 0. The molecule has 0 radical (unpaired) electrons. The minimum absolute atomic E-state index is 0.226. The molecule has 148 valence electrons. The van der Waals surface area contributed by atoms with Crippen molar-refractivity contribution in [1.82, 2.24) is 0 Å². The second-order valence-corrected chi connectivity index (χ2v) is 5.92. The molecule has 0 fully saturated rings. The van der Waals surface area contributed by atoms with Gasteiger partial charge in [-0.05, 0) is 48.5 Å². The van der Waals surface area contributed by atoms with Gasteiger partial charge >= 0.3 is 5.97 Å². The van der Waals surface area contributed by atoms with Crippen molar-refractivity contribution < 1.29 is 28.2 Å². The maximum absolute atomic E-state index is 13.4. The van der Waals surface area contributed by atoms with Gasteiger partial charge in [-0.25, -0.2) is 9.18 Å². The standard InChI is InChI=1S/C22H18FNO5/c1-27-20-13-16(23)11-12-19(20)29-18-6-4-3-5-17(18)24-21(25)14-7-9-15(10-8-14)22(26)28-2/h3-13H,1-2H3,(H,24,25). The molecule has 0 aliphatic carbocycles. The third-order valence-electron chi connectivity index (χ3n) is 4.05. The minimum Gasteiger partial charge on any atom is -0.493 e. The summed E-state index contributed by atoms with van der Waals surface area (Å²) in [6, 6.07) is 16.8. The maximum atomic E-state index is 13.4. The molecule has 1 amide bonds. The molecule has 6 nitrogen and oxygen atoms in total. The number of ether oxygens (including phenoxy) is 3. The van der Waals surface area contributed by atoms with Gasteiger partial charge in [0.2, 0.25) is 0 Å². The first-order valence-corrected chi connectivity index (χ1v) is 8.62. The lowest BCUT2D eigenvalue weighted by Gasteiger charge is -2.14. The second kappa shape index (κ2) is 8.88. The molecule has 0 aliphatic heterocycles. The molecule has 0 aliphatic rings. The third kappa shape index (κ3) is 4.70. The molecular formula is C22H18FNO5. The maximum Gasteiger partial charge on any atom is 0.337 e. The van der Waals surface area contributed by atoms with Gasteiger partial charge in [0.25, 0.3) is 5.91 Å². The Balaban J connectivity index is 1.80. The van der Waals surface area contributed by atoms with Crippen LogP contribution in [0.15, 0.2) is 66.7 Å². The average molecular weight is 395 g/mol. The average Bonchev–Trinajstić information content (AvgIpc) is 2.75. The number of amides is 1. The fourth-order valence-electron chi connectivity index (χ4n) is 2.57. The molecule has 3 aromatic carbocycles. The van der Waals surface area contributed by atoms with Gasteiger partial charge in [0.15, 0.2) is 17.2 Å². The molecule has 0 saturated heterocycles. The number of nitrogens with one attached hydrogen (secondary N) is 1. The third-order valence-corrected chi connectivity index (χ3v) is 4.05. The highest BCUT2D eigenvalue weighted by atomic mass is 19.1. The molecule has 0 atom stereocenters. The number of rotatable bonds is 6. The van der Waals surface area contributed by atoms with Gasteiger partial charge in [0, 0.05) is 11.6 Å². The number of carbonyl (C=O) groups is 2. The van der Waals surface area contributed by atoms with Crippen molar-refractivity contribution in [2.24, 2.45) is 0 Å². The SMILES string of the molecule is COC(=O)c1ccc(C(=O)Nc2ccccc2Oc2ccc(F)cc2OC)cc1. The predicted octanol–water partition coefficient (Wildman–Crippen LogP) is 4.67. The summed E-state index contributed by atoms with van der Waals surface area (Å²) in [5.41, 5.74) is 1.11. The minimum atomic E-state index is -0.482. The molecule has 0 unspecified atom stereocenters. The first-order chi connectivity index (χ1) is 14.0. The van der Waals surface area contributed by atoms with E-state index in [9.17, 15) is 14.0 Å². The molecule has 3 aromatic rings. The van der Waals surface area contributed by atoms with E-state index in [4.69, 9.17) is 9.47 Å². The van der Waals surface area contributed by atoms with Crippen LogP contribution in [0.4, 0.5) is 10.1 Å². The largest absolute Gasteiger partial charge is 0.493 e. The molecule has 0 aromatic heterocycles. The molecule has 0 saturated carbocycles. The summed E-state index contributed by atoms with van der Waals surface area (Å²) >= 11 is 0. The van der Waals surface area contributed by atoms with E-state index in [1.807, 2.05) is 0 Å². The Morgan fingerprint density at radius 2 is 1.52 bits per heavy atom. The van der Waals surface area contributed by atoms with E-state index in [0.717, 1.165) is 0 Å². The van der Waals surface area contributed by atoms with Crippen molar-refractivity contribution in [3.63, 3.8) is 0 Å². The number of anilines is 1. The van der Waals surface area contributed by atoms with E-state index in [-0.39, 0.29) is 11.7 Å². The summed E-state index contributed by atoms with van der Waals surface area (Å²) in [4.78, 5) is 24.1. The monoisotopic (exact) mass is 395 g/mol. The van der Waals surface area contributed by atoms with Crippen molar-refractivity contribution in [2.45, 2.75) is 0 Å². The molecule has 7 heteroatoms. The Morgan fingerprint density at radius 3 is 2.21 bits per heavy atom. The number of carbonyl (C=O) groups excluding carboxylic acids is 2. The quantitative estimate of drug-likeness (QED) is 0.614. The van der Waals surface area contributed by atoms with Gasteiger partial charge in [-0.2, -0.15) is 0 Å². The summed E-state index contributed by atoms with van der Waals surface area (Å²) in [5, 5.41) is 2.76. The fourth-order valence-corrected chi connectivity index (χ4v) is 2.57. The van der Waals surface area contributed by atoms with E-state index in [2.05, 4.69) is 10.1 Å². The van der Waals surface area contributed by atoms with Gasteiger partial charge in [-0.3, -0.25) is 4.79 Å². The molecule has 3 rings (SSSR count). The first kappa shape index (κ1) is 19.9. The highest BCUT2D eigenvalue weighted by molar-refractivity contribution is 6.05. The zero-order valence-corrected chi connectivity index (χ0v) is 15.8. The number of para-hydroxylation sites is 2. The zero-order chi connectivity index (χ0) is 20.8. The normalized spacial score (nSPS) is 10.2. The number of halogens is 1. The number of benzene rings is 3. The molecule has 0 heterocycles. The van der Waals surface area contributed by atoms with E-state index in [0.29, 0.717) is 28.3 Å². The van der Waals surface area contributed by atoms with Crippen LogP contribution >= 0.6 is 0 Å². The van der Waals surface area contributed by atoms with Gasteiger partial charge in [-0.15, -0.1) is 0 Å². The van der Waals surface area contributed by atoms with E-state index in [1.54, 1.807) is 24.3 Å². The second-order valence-electron chi connectivity index (χ2n) is 5.92. The van der Waals surface area contributed by atoms with Crippen LogP contribution < -0.4 is 14.8 Å². The van der Waals surface area contributed by atoms with Crippen LogP contribution in [0.1, 0.15) is 20.7 Å². The molecule has 1 N–H and O–H groups in total. The molecule has 0 bridgehead atoms. The topological polar surface area (TPSA) is 73.9 Å². The Morgan fingerprint density at radius 1 is 0.828 bits per heavy atom. The zero-order valence-electron chi connectivity index (χ0n) is 15.8. The van der Waals surface area contributed by atoms with Crippen LogP contribution in [0.3, 0.4) is 0 Å². The summed E-state index contributed by atoms with van der Waals surface area (Å²) < 4.78 is 29.0. The van der Waals surface area contributed by atoms with Crippen molar-refractivity contribution in [1.29, 1.82) is 0 Å². The van der Waals surface area contributed by atoms with Crippen LogP contribution in [0.2, 0.25) is 0 Å². The lowest BCUT2D eigenvalue weighted by Crippen LogP contribution is -2.13. The lowest BCUT2D eigenvalue weighted by atomic mass is 10.1. The van der Waals surface area contributed by atoms with E-state index >= 15 is 0 Å². The van der Waals surface area contributed by atoms with Crippen molar-refractivity contribution in [3.05, 3.63) is 83.7 Å². The molecule has 0 spiro atoms. The number of methoxy groups -OCH3 is 2. The van der Waals surface area contributed by atoms with Crippen LogP contribution in [-0.4, -0.2) is 26.1 Å². The number of hydrogen-bond acceptors (Lipinski definition) is 5. The van der Waals surface area contributed by atoms with Crippen molar-refractivity contribution in [3.8, 4) is 17.2 Å². The number of esters is 1. The summed E-state index contributed by atoms with van der Waals surface area (Å²) in [5.74, 6) is -0.432. The lowest BCUT2D eigenvalue weighted by molar-refractivity contribution is 0.0600. The van der Waals surface area contributed by atoms with Gasteiger partial charge in [0.1, 0.15) is 5.82 Å². The van der Waals surface area contributed by atoms with E-state index in [1.165, 1.54) is 56.7 Å². The molecule has 29 heavy (non-hydrogen) atoms. The predicted molar refractivity (Wildman–Crippen MR) is 105 cm³/mol. The van der Waals surface area contributed by atoms with Gasteiger partial charge < -0.3 is 19.5 Å². The Hall–Kier alpha value is -3.87. The van der Waals surface area contributed by atoms with Gasteiger partial charge in [0.05, 0.1) is 25.5 Å². The molecular weight excluding hydrogens is 377 g/mol. The highest BCUT2D eigenvalue weighted by Crippen LogP contribution is 2.35.